The largest absolute Gasteiger partial charge is 0.289 e. The van der Waals surface area contributed by atoms with E-state index < -0.39 is 0 Å². The molecule has 0 fully saturated rings. The highest BCUT2D eigenvalue weighted by Crippen LogP contribution is 2.34. The summed E-state index contributed by atoms with van der Waals surface area (Å²) >= 11 is 24.3. The summed E-state index contributed by atoms with van der Waals surface area (Å²) in [4.78, 5) is 27.8. The predicted molar refractivity (Wildman–Crippen MR) is 141 cm³/mol. The summed E-state index contributed by atoms with van der Waals surface area (Å²) in [6, 6.07) is 26.7. The number of Topliss-reactive ketones (excluding diaryl/α,β-unsaturated/α-hetero) is 2. The Morgan fingerprint density at radius 3 is 0.794 bits per heavy atom. The van der Waals surface area contributed by atoms with Gasteiger partial charge in [-0.05, 0) is 83.9 Å². The number of ketones is 2. The van der Waals surface area contributed by atoms with Crippen LogP contribution in [-0.2, 0) is 0 Å². The Morgan fingerprint density at radius 2 is 0.559 bits per heavy atom. The molecule has 0 heterocycles. The summed E-state index contributed by atoms with van der Waals surface area (Å²) in [7, 11) is 0. The smallest absolute Gasteiger partial charge is 0.194 e. The van der Waals surface area contributed by atoms with Gasteiger partial charge in [0.15, 0.2) is 11.6 Å². The van der Waals surface area contributed by atoms with E-state index in [0.29, 0.717) is 42.3 Å². The van der Waals surface area contributed by atoms with Gasteiger partial charge in [-0.3, -0.25) is 9.59 Å². The van der Waals surface area contributed by atoms with Crippen LogP contribution in [0.1, 0.15) is 31.8 Å². The van der Waals surface area contributed by atoms with E-state index in [9.17, 15) is 9.59 Å². The number of hydrogen-bond donors (Lipinski definition) is 0. The summed E-state index contributed by atoms with van der Waals surface area (Å²) in [6.45, 7) is 0. The van der Waals surface area contributed by atoms with E-state index in [2.05, 4.69) is 0 Å². The van der Waals surface area contributed by atoms with E-state index in [1.807, 2.05) is 0 Å². The lowest BCUT2D eigenvalue weighted by Crippen LogP contribution is -2.12. The summed E-state index contributed by atoms with van der Waals surface area (Å²) in [6.07, 6.45) is 0. The molecule has 0 aromatic heterocycles. The van der Waals surface area contributed by atoms with E-state index in [1.54, 1.807) is 97.1 Å². The third-order valence-corrected chi connectivity index (χ3v) is 6.19. The van der Waals surface area contributed by atoms with Crippen LogP contribution in [-0.4, -0.2) is 11.6 Å². The van der Waals surface area contributed by atoms with Crippen LogP contribution >= 0.6 is 46.4 Å². The number of allylic oxidation sites excluding steroid dienone is 2. The highest BCUT2D eigenvalue weighted by atomic mass is 35.5. The van der Waals surface area contributed by atoms with Gasteiger partial charge < -0.3 is 0 Å². The minimum absolute atomic E-state index is 0.237. The van der Waals surface area contributed by atoms with Crippen molar-refractivity contribution >= 4 is 69.1 Å². The van der Waals surface area contributed by atoms with Gasteiger partial charge in [0.25, 0.3) is 0 Å². The molecule has 0 bridgehead atoms. The fourth-order valence-corrected chi connectivity index (χ4v) is 4.01. The van der Waals surface area contributed by atoms with Crippen molar-refractivity contribution in [3.05, 3.63) is 139 Å². The number of rotatable bonds is 6. The van der Waals surface area contributed by atoms with Gasteiger partial charge >= 0.3 is 0 Å². The molecule has 168 valence electrons. The second kappa shape index (κ2) is 10.6. The molecular formula is C28H16Cl4O2. The monoisotopic (exact) mass is 524 g/mol. The molecule has 0 atom stereocenters. The van der Waals surface area contributed by atoms with Crippen molar-refractivity contribution in [2.45, 2.75) is 0 Å². The van der Waals surface area contributed by atoms with E-state index in [4.69, 9.17) is 46.4 Å². The molecule has 4 aromatic carbocycles. The average molecular weight is 526 g/mol. The minimum atomic E-state index is -0.328. The van der Waals surface area contributed by atoms with Crippen molar-refractivity contribution in [2.24, 2.45) is 0 Å². The molecule has 4 aromatic rings. The molecule has 0 aliphatic carbocycles. The first kappa shape index (κ1) is 24.3. The minimum Gasteiger partial charge on any atom is -0.289 e. The molecule has 6 heteroatoms. The zero-order valence-electron chi connectivity index (χ0n) is 17.6. The zero-order valence-corrected chi connectivity index (χ0v) is 20.6. The normalized spacial score (nSPS) is 11.6. The molecule has 0 saturated heterocycles. The second-order valence-corrected chi connectivity index (χ2v) is 9.18. The van der Waals surface area contributed by atoms with Gasteiger partial charge in [-0.25, -0.2) is 0 Å². The predicted octanol–water partition coefficient (Wildman–Crippen LogP) is 8.98. The topological polar surface area (TPSA) is 34.1 Å². The zero-order chi connectivity index (χ0) is 24.2. The highest BCUT2D eigenvalue weighted by molar-refractivity contribution is 6.47. The third kappa shape index (κ3) is 5.43. The SMILES string of the molecule is O=C(/C(=C(\C(=O)c1ccc(Cl)cc1)c1ccc(Cl)cc1)c1ccc(Cl)cc1)c1ccc(Cl)cc1. The van der Waals surface area contributed by atoms with Gasteiger partial charge in [0.2, 0.25) is 0 Å². The standard InChI is InChI=1S/C28H16Cl4O2/c29-21-9-1-17(2-10-21)25(27(33)19-5-13-23(31)14-6-19)26(18-3-11-22(30)12-4-18)28(34)20-7-15-24(32)16-8-20/h1-16H/b26-25-. The Kier molecular flexibility index (Phi) is 7.55. The van der Waals surface area contributed by atoms with Crippen LogP contribution in [0.25, 0.3) is 11.1 Å². The van der Waals surface area contributed by atoms with E-state index in [1.165, 1.54) is 0 Å². The van der Waals surface area contributed by atoms with Gasteiger partial charge in [0.1, 0.15) is 0 Å². The van der Waals surface area contributed by atoms with Crippen LogP contribution in [0.2, 0.25) is 20.1 Å². The molecule has 0 amide bonds. The number of hydrogen-bond acceptors (Lipinski definition) is 2. The van der Waals surface area contributed by atoms with Crippen LogP contribution in [0.15, 0.2) is 97.1 Å². The van der Waals surface area contributed by atoms with E-state index in [0.717, 1.165) is 0 Å². The van der Waals surface area contributed by atoms with Crippen molar-refractivity contribution in [3.63, 3.8) is 0 Å². The molecule has 0 spiro atoms. The first-order chi connectivity index (χ1) is 16.3. The Morgan fingerprint density at radius 1 is 0.353 bits per heavy atom. The Hall–Kier alpha value is -2.88. The van der Waals surface area contributed by atoms with Crippen LogP contribution in [0.5, 0.6) is 0 Å². The summed E-state index contributed by atoms with van der Waals surface area (Å²) < 4.78 is 0. The molecule has 2 nitrogen and oxygen atoms in total. The molecular weight excluding hydrogens is 510 g/mol. The van der Waals surface area contributed by atoms with Crippen LogP contribution < -0.4 is 0 Å². The highest BCUT2D eigenvalue weighted by Gasteiger charge is 2.26. The third-order valence-electron chi connectivity index (χ3n) is 5.18. The number of halogens is 4. The van der Waals surface area contributed by atoms with Gasteiger partial charge in [0, 0.05) is 42.4 Å². The number of carbonyl (C=O) groups excluding carboxylic acids is 2. The average Bonchev–Trinajstić information content (AvgIpc) is 2.84. The lowest BCUT2D eigenvalue weighted by atomic mass is 9.85. The molecule has 0 saturated carbocycles. The Labute approximate surface area is 217 Å². The maximum absolute atomic E-state index is 13.9. The molecule has 34 heavy (non-hydrogen) atoms. The molecule has 0 N–H and O–H groups in total. The summed E-state index contributed by atoms with van der Waals surface area (Å²) in [5, 5.41) is 2.03. The lowest BCUT2D eigenvalue weighted by Gasteiger charge is -2.16. The fraction of sp³-hybridized carbons (Fsp3) is 0. The fourth-order valence-electron chi connectivity index (χ4n) is 3.50. The Bertz CT molecular complexity index is 1260. The molecule has 0 aliphatic heterocycles. The summed E-state index contributed by atoms with van der Waals surface area (Å²) in [5.74, 6) is -0.655. The van der Waals surface area contributed by atoms with Crippen molar-refractivity contribution in [1.29, 1.82) is 0 Å². The molecule has 0 unspecified atom stereocenters. The van der Waals surface area contributed by atoms with Gasteiger partial charge in [-0.2, -0.15) is 0 Å². The van der Waals surface area contributed by atoms with E-state index >= 15 is 0 Å². The van der Waals surface area contributed by atoms with Crippen molar-refractivity contribution in [1.82, 2.24) is 0 Å². The quantitative estimate of drug-likeness (QED) is 0.143. The number of carbonyl (C=O) groups is 2. The molecule has 0 aliphatic rings. The lowest BCUT2D eigenvalue weighted by molar-refractivity contribution is 0.103. The van der Waals surface area contributed by atoms with Crippen molar-refractivity contribution < 1.29 is 9.59 Å². The van der Waals surface area contributed by atoms with Crippen LogP contribution in [0, 0.1) is 0 Å². The first-order valence-corrected chi connectivity index (χ1v) is 11.7. The van der Waals surface area contributed by atoms with Crippen molar-refractivity contribution in [3.8, 4) is 0 Å². The van der Waals surface area contributed by atoms with Gasteiger partial charge in [0.05, 0.1) is 0 Å². The second-order valence-electron chi connectivity index (χ2n) is 7.44. The summed E-state index contributed by atoms with van der Waals surface area (Å²) in [5.41, 5.74) is 2.37. The maximum Gasteiger partial charge on any atom is 0.194 e. The first-order valence-electron chi connectivity index (χ1n) is 10.2. The van der Waals surface area contributed by atoms with Gasteiger partial charge in [-0.1, -0.05) is 70.7 Å². The van der Waals surface area contributed by atoms with Crippen LogP contribution in [0.4, 0.5) is 0 Å². The Balaban J connectivity index is 2.03. The molecule has 4 rings (SSSR count). The molecule has 0 radical (unpaired) electrons. The van der Waals surface area contributed by atoms with Crippen molar-refractivity contribution in [2.75, 3.05) is 0 Å². The van der Waals surface area contributed by atoms with E-state index in [-0.39, 0.29) is 22.7 Å². The van der Waals surface area contributed by atoms with Gasteiger partial charge in [-0.15, -0.1) is 0 Å². The number of benzene rings is 4. The van der Waals surface area contributed by atoms with Crippen LogP contribution in [0.3, 0.4) is 0 Å². The maximum atomic E-state index is 13.9.